The van der Waals surface area contributed by atoms with Gasteiger partial charge in [-0.25, -0.2) is 0 Å². The number of para-hydroxylation sites is 1. The van der Waals surface area contributed by atoms with Crippen molar-refractivity contribution in [2.45, 2.75) is 25.8 Å². The highest BCUT2D eigenvalue weighted by molar-refractivity contribution is 6.04. The number of hydrogen-bond acceptors (Lipinski definition) is 3. The number of aliphatic hydroxyl groups is 1. The van der Waals surface area contributed by atoms with E-state index in [1.54, 1.807) is 0 Å². The topological polar surface area (TPSA) is 78.0 Å². The minimum atomic E-state index is -0.452. The second-order valence-electron chi connectivity index (χ2n) is 4.93. The minimum absolute atomic E-state index is 0.0363. The van der Waals surface area contributed by atoms with E-state index in [9.17, 15) is 4.79 Å². The number of fused-ring (bicyclic) bond motifs is 1. The number of benzene rings is 1. The summed E-state index contributed by atoms with van der Waals surface area (Å²) in [7, 11) is 0. The number of H-pyrrole nitrogens is 1. The first-order chi connectivity index (χ1) is 8.53. The molecule has 0 spiro atoms. The number of carbonyl (C=O) groups is 1. The molecule has 0 aliphatic heterocycles. The summed E-state index contributed by atoms with van der Waals surface area (Å²) in [5, 5.41) is 19.5. The zero-order chi connectivity index (χ0) is 13.2. The van der Waals surface area contributed by atoms with E-state index in [2.05, 4.69) is 15.5 Å². The van der Waals surface area contributed by atoms with Crippen molar-refractivity contribution in [1.29, 1.82) is 0 Å². The first-order valence-corrected chi connectivity index (χ1v) is 5.90. The van der Waals surface area contributed by atoms with Gasteiger partial charge in [-0.3, -0.25) is 9.89 Å². The van der Waals surface area contributed by atoms with Gasteiger partial charge in [0.2, 0.25) is 0 Å². The molecule has 1 aromatic heterocycles. The van der Waals surface area contributed by atoms with Crippen molar-refractivity contribution in [3.8, 4) is 0 Å². The molecule has 0 fully saturated rings. The fourth-order valence-electron chi connectivity index (χ4n) is 1.85. The maximum absolute atomic E-state index is 12.1. The van der Waals surface area contributed by atoms with Crippen LogP contribution in [0.2, 0.25) is 0 Å². The summed E-state index contributed by atoms with van der Waals surface area (Å²) in [6.07, 6.45) is 0.501. The first-order valence-electron chi connectivity index (χ1n) is 5.90. The molecule has 5 nitrogen and oxygen atoms in total. The van der Waals surface area contributed by atoms with Gasteiger partial charge in [0.05, 0.1) is 5.52 Å². The molecule has 0 radical (unpaired) electrons. The van der Waals surface area contributed by atoms with Crippen molar-refractivity contribution in [1.82, 2.24) is 15.5 Å². The number of aromatic nitrogens is 2. The van der Waals surface area contributed by atoms with E-state index in [-0.39, 0.29) is 12.5 Å². The van der Waals surface area contributed by atoms with E-state index >= 15 is 0 Å². The van der Waals surface area contributed by atoms with E-state index in [1.807, 2.05) is 38.1 Å². The number of nitrogens with one attached hydrogen (secondary N) is 2. The zero-order valence-corrected chi connectivity index (χ0v) is 10.5. The van der Waals surface area contributed by atoms with Crippen LogP contribution in [0.15, 0.2) is 24.3 Å². The van der Waals surface area contributed by atoms with Gasteiger partial charge in [-0.05, 0) is 26.3 Å². The van der Waals surface area contributed by atoms with Gasteiger partial charge in [0.25, 0.3) is 5.91 Å². The molecule has 3 N–H and O–H groups in total. The van der Waals surface area contributed by atoms with E-state index in [0.29, 0.717) is 12.1 Å². The predicted molar refractivity (Wildman–Crippen MR) is 69.3 cm³/mol. The highest BCUT2D eigenvalue weighted by Gasteiger charge is 2.23. The molecule has 0 saturated carbocycles. The third kappa shape index (κ3) is 2.51. The summed E-state index contributed by atoms with van der Waals surface area (Å²) in [4.78, 5) is 12.1. The molecular formula is C13H17N3O2. The van der Waals surface area contributed by atoms with Crippen LogP contribution < -0.4 is 5.32 Å². The molecule has 96 valence electrons. The fourth-order valence-corrected chi connectivity index (χ4v) is 1.85. The van der Waals surface area contributed by atoms with Crippen LogP contribution in [0.1, 0.15) is 30.8 Å². The van der Waals surface area contributed by atoms with Gasteiger partial charge < -0.3 is 10.4 Å². The Kier molecular flexibility index (Phi) is 3.34. The first kappa shape index (κ1) is 12.6. The lowest BCUT2D eigenvalue weighted by Gasteiger charge is -2.24. The number of hydrogen-bond donors (Lipinski definition) is 3. The standard InChI is InChI=1S/C13H17N3O2/c1-13(2,7-8-17)14-12(18)11-9-5-3-4-6-10(9)15-16-11/h3-6,17H,7-8H2,1-2H3,(H,14,18)(H,15,16). The predicted octanol–water partition coefficient (Wildman–Crippen LogP) is 1.45. The molecule has 0 unspecified atom stereocenters. The Bertz CT molecular complexity index is 560. The van der Waals surface area contributed by atoms with Gasteiger partial charge in [0.15, 0.2) is 5.69 Å². The third-order valence-corrected chi connectivity index (χ3v) is 2.87. The Hall–Kier alpha value is -1.88. The monoisotopic (exact) mass is 247 g/mol. The van der Waals surface area contributed by atoms with Crippen LogP contribution in [0.4, 0.5) is 0 Å². The largest absolute Gasteiger partial charge is 0.396 e. The highest BCUT2D eigenvalue weighted by atomic mass is 16.3. The SMILES string of the molecule is CC(C)(CCO)NC(=O)c1n[nH]c2ccccc12. The van der Waals surface area contributed by atoms with Crippen LogP contribution in [0.25, 0.3) is 10.9 Å². The number of nitrogens with zero attached hydrogens (tertiary/aromatic N) is 1. The van der Waals surface area contributed by atoms with Crippen LogP contribution in [-0.2, 0) is 0 Å². The quantitative estimate of drug-likeness (QED) is 0.765. The Balaban J connectivity index is 2.24. The third-order valence-electron chi connectivity index (χ3n) is 2.87. The lowest BCUT2D eigenvalue weighted by molar-refractivity contribution is 0.0896. The van der Waals surface area contributed by atoms with Gasteiger partial charge in [-0.1, -0.05) is 18.2 Å². The summed E-state index contributed by atoms with van der Waals surface area (Å²) in [5.74, 6) is -0.231. The number of carbonyl (C=O) groups excluding carboxylic acids is 1. The Morgan fingerprint density at radius 2 is 2.17 bits per heavy atom. The number of aliphatic hydroxyl groups excluding tert-OH is 1. The molecule has 5 heteroatoms. The summed E-state index contributed by atoms with van der Waals surface area (Å²) in [6.45, 7) is 3.78. The number of aromatic amines is 1. The van der Waals surface area contributed by atoms with Gasteiger partial charge in [-0.15, -0.1) is 0 Å². The Morgan fingerprint density at radius 3 is 2.89 bits per heavy atom. The number of rotatable bonds is 4. The van der Waals surface area contributed by atoms with E-state index in [0.717, 1.165) is 10.9 Å². The van der Waals surface area contributed by atoms with Crippen molar-refractivity contribution in [3.63, 3.8) is 0 Å². The molecule has 1 aromatic carbocycles. The molecule has 18 heavy (non-hydrogen) atoms. The minimum Gasteiger partial charge on any atom is -0.396 e. The lowest BCUT2D eigenvalue weighted by Crippen LogP contribution is -2.44. The molecule has 0 aliphatic carbocycles. The highest BCUT2D eigenvalue weighted by Crippen LogP contribution is 2.16. The van der Waals surface area contributed by atoms with Crippen LogP contribution in [-0.4, -0.2) is 33.4 Å². The van der Waals surface area contributed by atoms with Crippen LogP contribution >= 0.6 is 0 Å². The van der Waals surface area contributed by atoms with E-state index < -0.39 is 5.54 Å². The molecule has 2 aromatic rings. The second-order valence-corrected chi connectivity index (χ2v) is 4.93. The normalized spacial score (nSPS) is 11.7. The Morgan fingerprint density at radius 1 is 1.44 bits per heavy atom. The summed E-state index contributed by atoms with van der Waals surface area (Å²) in [6, 6.07) is 7.48. The molecule has 0 saturated heterocycles. The van der Waals surface area contributed by atoms with Crippen molar-refractivity contribution in [2.75, 3.05) is 6.61 Å². The summed E-state index contributed by atoms with van der Waals surface area (Å²) in [5.41, 5.74) is 0.769. The van der Waals surface area contributed by atoms with Gasteiger partial charge >= 0.3 is 0 Å². The van der Waals surface area contributed by atoms with Gasteiger partial charge in [0.1, 0.15) is 0 Å². The molecule has 0 aliphatic rings. The molecule has 1 heterocycles. The van der Waals surface area contributed by atoms with Crippen molar-refractivity contribution < 1.29 is 9.90 Å². The zero-order valence-electron chi connectivity index (χ0n) is 10.5. The smallest absolute Gasteiger partial charge is 0.272 e. The van der Waals surface area contributed by atoms with Crippen molar-refractivity contribution >= 4 is 16.8 Å². The Labute approximate surface area is 105 Å². The molecule has 1 amide bonds. The average Bonchev–Trinajstić information content (AvgIpc) is 2.71. The second kappa shape index (κ2) is 4.78. The van der Waals surface area contributed by atoms with Crippen molar-refractivity contribution in [2.24, 2.45) is 0 Å². The van der Waals surface area contributed by atoms with Crippen molar-refractivity contribution in [3.05, 3.63) is 30.0 Å². The average molecular weight is 247 g/mol. The lowest BCUT2D eigenvalue weighted by atomic mass is 10.0. The maximum atomic E-state index is 12.1. The molecule has 2 rings (SSSR count). The fraction of sp³-hybridized carbons (Fsp3) is 0.385. The summed E-state index contributed by atoms with van der Waals surface area (Å²) < 4.78 is 0. The van der Waals surface area contributed by atoms with E-state index in [4.69, 9.17) is 5.11 Å². The van der Waals surface area contributed by atoms with E-state index in [1.165, 1.54) is 0 Å². The van der Waals surface area contributed by atoms with Crippen LogP contribution in [0.5, 0.6) is 0 Å². The van der Waals surface area contributed by atoms with Gasteiger partial charge in [-0.2, -0.15) is 5.10 Å². The molecular weight excluding hydrogens is 230 g/mol. The van der Waals surface area contributed by atoms with Crippen LogP contribution in [0.3, 0.4) is 0 Å². The van der Waals surface area contributed by atoms with Gasteiger partial charge in [0, 0.05) is 17.5 Å². The van der Waals surface area contributed by atoms with Crippen LogP contribution in [0, 0.1) is 0 Å². The number of amides is 1. The maximum Gasteiger partial charge on any atom is 0.272 e. The molecule has 0 atom stereocenters. The molecule has 0 bridgehead atoms. The summed E-state index contributed by atoms with van der Waals surface area (Å²) >= 11 is 0.